The molecule has 0 aliphatic heterocycles. The minimum atomic E-state index is -3.64. The van der Waals surface area contributed by atoms with E-state index in [0.717, 1.165) is 0 Å². The van der Waals surface area contributed by atoms with Crippen LogP contribution in [-0.4, -0.2) is 43.3 Å². The fourth-order valence-corrected chi connectivity index (χ4v) is 2.10. The number of benzene rings is 1. The van der Waals surface area contributed by atoms with Crippen molar-refractivity contribution in [1.29, 1.82) is 0 Å². The van der Waals surface area contributed by atoms with E-state index in [-0.39, 0.29) is 17.9 Å². The Morgan fingerprint density at radius 3 is 2.50 bits per heavy atom. The minimum absolute atomic E-state index is 0.0471. The summed E-state index contributed by atoms with van der Waals surface area (Å²) in [6.07, 6.45) is -18.1. The number of ether oxygens (including phenoxy) is 1. The van der Waals surface area contributed by atoms with Crippen molar-refractivity contribution >= 4 is 0 Å². The normalized spacial score (nSPS) is 42.7. The molecule has 0 spiro atoms. The van der Waals surface area contributed by atoms with E-state index in [0.29, 0.717) is 0 Å². The van der Waals surface area contributed by atoms with Crippen LogP contribution in [0.4, 0.5) is 0 Å². The summed E-state index contributed by atoms with van der Waals surface area (Å²) < 4.78 is 109. The number of nitrogens with zero attached hydrogens (tertiary/aromatic N) is 1. The molecule has 1 atom stereocenters. The number of hydrogen-bond donors (Lipinski definition) is 1. The first-order valence-corrected chi connectivity index (χ1v) is 6.15. The summed E-state index contributed by atoms with van der Waals surface area (Å²) in [6, 6.07) is 4.88. The fourth-order valence-electron chi connectivity index (χ4n) is 2.10. The molecule has 1 aromatic rings. The molecule has 0 radical (unpaired) electrons. The number of rotatable bonds is 5. The Morgan fingerprint density at radius 1 is 1.30 bits per heavy atom. The molecule has 0 amide bonds. The Labute approximate surface area is 140 Å². The van der Waals surface area contributed by atoms with Crippen LogP contribution in [0.1, 0.15) is 61.2 Å². The summed E-state index contributed by atoms with van der Waals surface area (Å²) >= 11 is 0. The van der Waals surface area contributed by atoms with Gasteiger partial charge in [-0.25, -0.2) is 0 Å². The summed E-state index contributed by atoms with van der Waals surface area (Å²) in [6.45, 7) is -0.274. The molecule has 3 heteroatoms. The third kappa shape index (κ3) is 3.53. The SMILES string of the molecule is [2H]C([2H])([2H])Oc1ccc([C@@H](CN(C)C)C2(O)C([2H])([2H])C([2H])([2H])C([2H])([2H])C([2H])([2H])C2([2H])[2H])cc1. The third-order valence-corrected chi connectivity index (χ3v) is 3.08. The molecule has 0 bridgehead atoms. The van der Waals surface area contributed by atoms with Crippen LogP contribution >= 0.6 is 0 Å². The summed E-state index contributed by atoms with van der Waals surface area (Å²) in [5, 5.41) is 11.7. The van der Waals surface area contributed by atoms with Crippen LogP contribution in [0.15, 0.2) is 24.3 Å². The molecule has 0 saturated heterocycles. The van der Waals surface area contributed by atoms with Crippen LogP contribution in [0.3, 0.4) is 0 Å². The minimum Gasteiger partial charge on any atom is -0.497 e. The molecule has 1 fully saturated rings. The van der Waals surface area contributed by atoms with Gasteiger partial charge in [0.25, 0.3) is 0 Å². The largest absolute Gasteiger partial charge is 0.497 e. The second-order valence-electron chi connectivity index (χ2n) is 4.88. The highest BCUT2D eigenvalue weighted by molar-refractivity contribution is 5.31. The van der Waals surface area contributed by atoms with E-state index >= 15 is 0 Å². The monoisotopic (exact) mass is 290 g/mol. The lowest BCUT2D eigenvalue weighted by atomic mass is 9.72. The Kier molecular flexibility index (Phi) is 1.85. The molecule has 1 aromatic carbocycles. The molecule has 0 unspecified atom stereocenters. The quantitative estimate of drug-likeness (QED) is 0.905. The Balaban J connectivity index is 2.79. The lowest BCUT2D eigenvalue weighted by Gasteiger charge is -2.40. The first-order chi connectivity index (χ1) is 14.5. The molecule has 0 heterocycles. The van der Waals surface area contributed by atoms with Gasteiger partial charge < -0.3 is 14.7 Å². The molecule has 1 saturated carbocycles. The van der Waals surface area contributed by atoms with Crippen LogP contribution in [0, 0.1) is 0 Å². The second kappa shape index (κ2) is 6.59. The Morgan fingerprint density at radius 2 is 1.95 bits per heavy atom. The highest BCUT2D eigenvalue weighted by Crippen LogP contribution is 2.40. The highest BCUT2D eigenvalue weighted by atomic mass is 16.5. The van der Waals surface area contributed by atoms with Crippen molar-refractivity contribution < 1.29 is 27.7 Å². The lowest BCUT2D eigenvalue weighted by Crippen LogP contribution is -2.42. The first kappa shape index (κ1) is 5.62. The van der Waals surface area contributed by atoms with Crippen LogP contribution in [-0.2, 0) is 0 Å². The summed E-state index contributed by atoms with van der Waals surface area (Å²) in [5.74, 6) is -1.69. The predicted octanol–water partition coefficient (Wildman–Crippen LogP) is 3.04. The van der Waals surface area contributed by atoms with Gasteiger partial charge in [0, 0.05) is 26.2 Å². The third-order valence-electron chi connectivity index (χ3n) is 3.08. The number of hydrogen-bond acceptors (Lipinski definition) is 3. The summed E-state index contributed by atoms with van der Waals surface area (Å²) in [5.41, 5.74) is -3.35. The van der Waals surface area contributed by atoms with Gasteiger partial charge in [-0.15, -0.1) is 0 Å². The molecule has 1 aliphatic carbocycles. The van der Waals surface area contributed by atoms with E-state index in [1.807, 2.05) is 0 Å². The lowest BCUT2D eigenvalue weighted by molar-refractivity contribution is -0.0277. The van der Waals surface area contributed by atoms with E-state index in [2.05, 4.69) is 0 Å². The molecular formula is C17H27NO2. The molecule has 20 heavy (non-hydrogen) atoms. The van der Waals surface area contributed by atoms with Gasteiger partial charge in [0.15, 0.2) is 0 Å². The summed E-state index contributed by atoms with van der Waals surface area (Å²) in [4.78, 5) is 1.45. The standard InChI is InChI=1S/C17H27NO2/c1-18(2)13-16(17(19)11-5-4-6-12-17)14-7-9-15(20-3)10-8-14/h7-10,16,19H,4-6,11-13H2,1-3H3/t16-/m1/s1/i3D3,4D2,5D2,6D2,11D2,12D2. The van der Waals surface area contributed by atoms with Crippen molar-refractivity contribution in [1.82, 2.24) is 4.90 Å². The van der Waals surface area contributed by atoms with Gasteiger partial charge in [-0.2, -0.15) is 0 Å². The fraction of sp³-hybridized carbons (Fsp3) is 0.647. The average molecular weight is 290 g/mol. The van der Waals surface area contributed by atoms with Gasteiger partial charge in [0.1, 0.15) is 5.75 Å². The van der Waals surface area contributed by atoms with E-state index in [9.17, 15) is 5.11 Å². The highest BCUT2D eigenvalue weighted by Gasteiger charge is 2.38. The van der Waals surface area contributed by atoms with Crippen LogP contribution in [0.2, 0.25) is 0 Å². The van der Waals surface area contributed by atoms with Gasteiger partial charge >= 0.3 is 0 Å². The van der Waals surface area contributed by atoms with Gasteiger partial charge in [0.05, 0.1) is 16.8 Å². The van der Waals surface area contributed by atoms with E-state index < -0.39 is 50.4 Å². The predicted molar refractivity (Wildman–Crippen MR) is 82.3 cm³/mol. The van der Waals surface area contributed by atoms with Crippen molar-refractivity contribution in [2.45, 2.75) is 43.4 Å². The van der Waals surface area contributed by atoms with Gasteiger partial charge in [-0.05, 0) is 44.5 Å². The zero-order chi connectivity index (χ0) is 26.1. The van der Waals surface area contributed by atoms with Crippen molar-refractivity contribution in [3.63, 3.8) is 0 Å². The molecule has 0 aromatic heterocycles. The smallest absolute Gasteiger partial charge is 0.118 e. The molecule has 1 N–H and O–H groups in total. The molecule has 1 aliphatic rings. The maximum absolute atomic E-state index is 11.7. The summed E-state index contributed by atoms with van der Waals surface area (Å²) in [7, 11) is 0.302. The van der Waals surface area contributed by atoms with Crippen molar-refractivity contribution in [3.05, 3.63) is 29.8 Å². The van der Waals surface area contributed by atoms with Crippen molar-refractivity contribution in [2.75, 3.05) is 27.7 Å². The van der Waals surface area contributed by atoms with Gasteiger partial charge in [0.2, 0.25) is 0 Å². The average Bonchev–Trinajstić information content (AvgIpc) is 2.63. The van der Waals surface area contributed by atoms with E-state index in [1.165, 1.54) is 43.3 Å². The number of aliphatic hydroxyl groups is 1. The molecular weight excluding hydrogens is 250 g/mol. The van der Waals surface area contributed by atoms with Crippen molar-refractivity contribution in [3.8, 4) is 5.75 Å². The Hall–Kier alpha value is -1.06. The van der Waals surface area contributed by atoms with Crippen molar-refractivity contribution in [2.24, 2.45) is 0 Å². The first-order valence-electron chi connectivity index (χ1n) is 12.6. The number of likely N-dealkylation sites (N-methyl/N-ethyl adjacent to an activating group) is 1. The van der Waals surface area contributed by atoms with Crippen LogP contribution in [0.25, 0.3) is 0 Å². The zero-order valence-corrected chi connectivity index (χ0v) is 11.4. The van der Waals surface area contributed by atoms with E-state index in [4.69, 9.17) is 22.6 Å². The van der Waals surface area contributed by atoms with Gasteiger partial charge in [-0.1, -0.05) is 31.3 Å². The molecule has 2 rings (SSSR count). The molecule has 112 valence electrons. The Bertz CT molecular complexity index is 835. The maximum Gasteiger partial charge on any atom is 0.118 e. The van der Waals surface area contributed by atoms with Crippen LogP contribution < -0.4 is 4.74 Å². The van der Waals surface area contributed by atoms with Gasteiger partial charge in [-0.3, -0.25) is 0 Å². The number of methoxy groups -OCH3 is 1. The maximum atomic E-state index is 11.7. The molecule has 3 nitrogen and oxygen atoms in total. The second-order valence-corrected chi connectivity index (χ2v) is 4.88. The van der Waals surface area contributed by atoms with E-state index in [1.54, 1.807) is 0 Å². The zero-order valence-electron chi connectivity index (χ0n) is 24.4. The van der Waals surface area contributed by atoms with Crippen LogP contribution in [0.5, 0.6) is 5.75 Å². The topological polar surface area (TPSA) is 32.7 Å².